The summed E-state index contributed by atoms with van der Waals surface area (Å²) in [6, 6.07) is 0. The maximum Gasteiger partial charge on any atom is 0.255 e. The molecule has 1 atom stereocenters. The Morgan fingerprint density at radius 3 is 2.50 bits per heavy atom. The third-order valence-electron chi connectivity index (χ3n) is 3.07. The first-order valence-electron chi connectivity index (χ1n) is 5.83. The fourth-order valence-corrected chi connectivity index (χ4v) is 1.88. The quantitative estimate of drug-likeness (QED) is 0.752. The van der Waals surface area contributed by atoms with E-state index < -0.39 is 13.0 Å². The van der Waals surface area contributed by atoms with Crippen molar-refractivity contribution in [3.63, 3.8) is 0 Å². The van der Waals surface area contributed by atoms with E-state index in [9.17, 15) is 13.6 Å². The average molecular weight is 234 g/mol. The predicted octanol–water partition coefficient (Wildman–Crippen LogP) is 1.35. The van der Waals surface area contributed by atoms with Gasteiger partial charge < -0.3 is 10.2 Å². The van der Waals surface area contributed by atoms with Gasteiger partial charge in [-0.25, -0.2) is 8.78 Å². The molecule has 0 spiro atoms. The number of nitrogens with one attached hydrogen (secondary N) is 1. The van der Waals surface area contributed by atoms with Gasteiger partial charge in [0.1, 0.15) is 0 Å². The summed E-state index contributed by atoms with van der Waals surface area (Å²) < 4.78 is 24.6. The summed E-state index contributed by atoms with van der Waals surface area (Å²) in [6.45, 7) is 5.36. The van der Waals surface area contributed by atoms with Gasteiger partial charge in [0.15, 0.2) is 0 Å². The first kappa shape index (κ1) is 13.4. The number of rotatable bonds is 6. The lowest BCUT2D eigenvalue weighted by molar-refractivity contribution is -0.139. The minimum atomic E-state index is -2.44. The fourth-order valence-electron chi connectivity index (χ4n) is 1.88. The molecule has 0 saturated carbocycles. The molecule has 1 aliphatic heterocycles. The Labute approximate surface area is 95.2 Å². The molecule has 1 N–H and O–H groups in total. The third kappa shape index (κ3) is 3.40. The Balaban J connectivity index is 2.50. The van der Waals surface area contributed by atoms with Crippen LogP contribution in [0.4, 0.5) is 8.78 Å². The van der Waals surface area contributed by atoms with E-state index in [1.54, 1.807) is 0 Å². The molecule has 0 aromatic rings. The molecular weight excluding hydrogens is 214 g/mol. The van der Waals surface area contributed by atoms with E-state index in [0.29, 0.717) is 18.9 Å². The van der Waals surface area contributed by atoms with Crippen molar-refractivity contribution in [2.24, 2.45) is 11.8 Å². The molecular formula is C11H20F2N2O. The molecule has 0 aromatic heterocycles. The van der Waals surface area contributed by atoms with Crippen LogP contribution in [0.3, 0.4) is 0 Å². The monoisotopic (exact) mass is 234 g/mol. The molecule has 1 fully saturated rings. The van der Waals surface area contributed by atoms with Crippen molar-refractivity contribution in [3.8, 4) is 0 Å². The van der Waals surface area contributed by atoms with Gasteiger partial charge in [-0.3, -0.25) is 4.79 Å². The normalized spacial score (nSPS) is 18.3. The smallest absolute Gasteiger partial charge is 0.255 e. The van der Waals surface area contributed by atoms with Gasteiger partial charge >= 0.3 is 0 Å². The van der Waals surface area contributed by atoms with E-state index in [0.717, 1.165) is 13.1 Å². The standard InChI is InChI=1S/C11H20F2N2O/c1-3-4-15(7-10(12)13)11(16)8(2)9-5-14-6-9/h8-10,14H,3-7H2,1-2H3. The van der Waals surface area contributed by atoms with Gasteiger partial charge in [-0.1, -0.05) is 13.8 Å². The van der Waals surface area contributed by atoms with Gasteiger partial charge in [-0.15, -0.1) is 0 Å². The van der Waals surface area contributed by atoms with Crippen molar-refractivity contribution in [2.75, 3.05) is 26.2 Å². The summed E-state index contributed by atoms with van der Waals surface area (Å²) in [5.74, 6) is 0.0322. The van der Waals surface area contributed by atoms with Crippen molar-refractivity contribution >= 4 is 5.91 Å². The van der Waals surface area contributed by atoms with E-state index in [1.807, 2.05) is 13.8 Å². The average Bonchev–Trinajstić information content (AvgIpc) is 2.12. The molecule has 0 radical (unpaired) electrons. The van der Waals surface area contributed by atoms with E-state index in [-0.39, 0.29) is 11.8 Å². The van der Waals surface area contributed by atoms with Crippen molar-refractivity contribution < 1.29 is 13.6 Å². The lowest BCUT2D eigenvalue weighted by Gasteiger charge is -2.35. The number of hydrogen-bond acceptors (Lipinski definition) is 2. The number of amides is 1. The van der Waals surface area contributed by atoms with Crippen LogP contribution in [0.2, 0.25) is 0 Å². The second kappa shape index (κ2) is 6.13. The summed E-state index contributed by atoms with van der Waals surface area (Å²) in [5, 5.41) is 3.09. The highest BCUT2D eigenvalue weighted by atomic mass is 19.3. The van der Waals surface area contributed by atoms with Gasteiger partial charge in [0.25, 0.3) is 6.43 Å². The fraction of sp³-hybridized carbons (Fsp3) is 0.909. The lowest BCUT2D eigenvalue weighted by atomic mass is 9.88. The summed E-state index contributed by atoms with van der Waals surface area (Å²) >= 11 is 0. The van der Waals surface area contributed by atoms with Gasteiger partial charge in [-0.05, 0) is 25.4 Å². The first-order chi connectivity index (χ1) is 7.56. The van der Waals surface area contributed by atoms with Crippen molar-refractivity contribution in [2.45, 2.75) is 26.7 Å². The minimum Gasteiger partial charge on any atom is -0.337 e. The van der Waals surface area contributed by atoms with Gasteiger partial charge in [0.05, 0.1) is 6.54 Å². The molecule has 1 rings (SSSR count). The molecule has 0 bridgehead atoms. The molecule has 5 heteroatoms. The number of carbonyl (C=O) groups is 1. The van der Waals surface area contributed by atoms with Crippen molar-refractivity contribution in [1.29, 1.82) is 0 Å². The molecule has 0 aliphatic carbocycles. The van der Waals surface area contributed by atoms with E-state index >= 15 is 0 Å². The van der Waals surface area contributed by atoms with Gasteiger partial charge in [0.2, 0.25) is 5.91 Å². The third-order valence-corrected chi connectivity index (χ3v) is 3.07. The highest BCUT2D eigenvalue weighted by Gasteiger charge is 2.32. The van der Waals surface area contributed by atoms with Crippen molar-refractivity contribution in [1.82, 2.24) is 10.2 Å². The largest absolute Gasteiger partial charge is 0.337 e. The van der Waals surface area contributed by atoms with E-state index in [2.05, 4.69) is 5.32 Å². The molecule has 94 valence electrons. The molecule has 1 unspecified atom stereocenters. The maximum atomic E-state index is 12.3. The van der Waals surface area contributed by atoms with Crippen LogP contribution in [0.5, 0.6) is 0 Å². The maximum absolute atomic E-state index is 12.3. The van der Waals surface area contributed by atoms with Crippen molar-refractivity contribution in [3.05, 3.63) is 0 Å². The van der Waals surface area contributed by atoms with Crippen LogP contribution in [0.25, 0.3) is 0 Å². The zero-order valence-electron chi connectivity index (χ0n) is 9.88. The Kier molecular flexibility index (Phi) is 5.12. The molecule has 16 heavy (non-hydrogen) atoms. The molecule has 1 amide bonds. The Bertz CT molecular complexity index is 232. The molecule has 0 aromatic carbocycles. The van der Waals surface area contributed by atoms with E-state index in [4.69, 9.17) is 0 Å². The number of alkyl halides is 2. The van der Waals surface area contributed by atoms with Crippen LogP contribution < -0.4 is 5.32 Å². The minimum absolute atomic E-state index is 0.131. The van der Waals surface area contributed by atoms with Gasteiger partial charge in [-0.2, -0.15) is 0 Å². The van der Waals surface area contributed by atoms with Crippen LogP contribution in [0.1, 0.15) is 20.3 Å². The highest BCUT2D eigenvalue weighted by molar-refractivity contribution is 5.79. The number of nitrogens with zero attached hydrogens (tertiary/aromatic N) is 1. The second-order valence-electron chi connectivity index (χ2n) is 4.38. The molecule has 1 aliphatic rings. The number of hydrogen-bond donors (Lipinski definition) is 1. The first-order valence-corrected chi connectivity index (χ1v) is 5.83. The second-order valence-corrected chi connectivity index (χ2v) is 4.38. The van der Waals surface area contributed by atoms with E-state index in [1.165, 1.54) is 4.90 Å². The van der Waals surface area contributed by atoms with Crippen LogP contribution in [-0.2, 0) is 4.79 Å². The summed E-state index contributed by atoms with van der Waals surface area (Å²) in [4.78, 5) is 13.3. The Morgan fingerprint density at radius 2 is 2.12 bits per heavy atom. The highest BCUT2D eigenvalue weighted by Crippen LogP contribution is 2.19. The zero-order valence-corrected chi connectivity index (χ0v) is 9.88. The Morgan fingerprint density at radius 1 is 1.50 bits per heavy atom. The molecule has 3 nitrogen and oxygen atoms in total. The predicted molar refractivity (Wildman–Crippen MR) is 58.4 cm³/mol. The van der Waals surface area contributed by atoms with Crippen LogP contribution in [-0.4, -0.2) is 43.4 Å². The SMILES string of the molecule is CCCN(CC(F)F)C(=O)C(C)C1CNC1. The molecule has 1 heterocycles. The summed E-state index contributed by atoms with van der Waals surface area (Å²) in [6.07, 6.45) is -1.73. The molecule has 1 saturated heterocycles. The van der Waals surface area contributed by atoms with Crippen LogP contribution >= 0.6 is 0 Å². The van der Waals surface area contributed by atoms with Gasteiger partial charge in [0, 0.05) is 12.5 Å². The topological polar surface area (TPSA) is 32.3 Å². The lowest BCUT2D eigenvalue weighted by Crippen LogP contribution is -2.51. The number of halogens is 2. The van der Waals surface area contributed by atoms with Crippen LogP contribution in [0.15, 0.2) is 0 Å². The van der Waals surface area contributed by atoms with Crippen LogP contribution in [0, 0.1) is 11.8 Å². The summed E-state index contributed by atoms with van der Waals surface area (Å²) in [5.41, 5.74) is 0. The summed E-state index contributed by atoms with van der Waals surface area (Å²) in [7, 11) is 0. The zero-order chi connectivity index (χ0) is 12.1. The number of carbonyl (C=O) groups excluding carboxylic acids is 1. The Hall–Kier alpha value is -0.710.